The number of aromatic nitrogens is 1. The van der Waals surface area contributed by atoms with Crippen molar-refractivity contribution in [1.82, 2.24) is 4.98 Å². The molecule has 100 valence electrons. The number of hydrogen-bond donors (Lipinski definition) is 1. The largest absolute Gasteiger partial charge is 0.429 e. The van der Waals surface area contributed by atoms with Crippen LogP contribution >= 0.6 is 28.1 Å². The number of H-pyrrole nitrogens is 1. The molecule has 0 atom stereocenters. The van der Waals surface area contributed by atoms with Gasteiger partial charge in [-0.25, -0.2) is 0 Å². The summed E-state index contributed by atoms with van der Waals surface area (Å²) in [7, 11) is 0. The summed E-state index contributed by atoms with van der Waals surface area (Å²) >= 11 is 8.58. The molecule has 0 aliphatic carbocycles. The molecule has 3 aromatic rings. The van der Waals surface area contributed by atoms with Crippen molar-refractivity contribution >= 4 is 28.1 Å². The van der Waals surface area contributed by atoms with Gasteiger partial charge in [0.25, 0.3) is 4.84 Å². The minimum atomic E-state index is 0.387. The van der Waals surface area contributed by atoms with Crippen LogP contribution < -0.4 is 0 Å². The fourth-order valence-corrected chi connectivity index (χ4v) is 2.51. The molecule has 20 heavy (non-hydrogen) atoms. The number of halogens is 1. The van der Waals surface area contributed by atoms with E-state index in [2.05, 4.69) is 52.1 Å². The van der Waals surface area contributed by atoms with Crippen molar-refractivity contribution in [3.05, 3.63) is 63.4 Å². The normalized spacial score (nSPS) is 10.7. The summed E-state index contributed by atoms with van der Waals surface area (Å²) in [5.74, 6) is 0.770. The van der Waals surface area contributed by atoms with Crippen molar-refractivity contribution in [2.45, 2.75) is 6.92 Å². The Kier molecular flexibility index (Phi) is 3.59. The highest BCUT2D eigenvalue weighted by molar-refractivity contribution is 9.10. The summed E-state index contributed by atoms with van der Waals surface area (Å²) in [6.45, 7) is 2.07. The van der Waals surface area contributed by atoms with E-state index in [1.807, 2.05) is 24.3 Å². The van der Waals surface area contributed by atoms with Gasteiger partial charge < -0.3 is 9.40 Å². The van der Waals surface area contributed by atoms with E-state index in [0.29, 0.717) is 4.84 Å². The van der Waals surface area contributed by atoms with Gasteiger partial charge in [0.2, 0.25) is 0 Å². The molecule has 0 spiro atoms. The molecule has 1 aromatic heterocycles. The lowest BCUT2D eigenvalue weighted by molar-refractivity contribution is 0.554. The zero-order valence-corrected chi connectivity index (χ0v) is 13.2. The van der Waals surface area contributed by atoms with Crippen molar-refractivity contribution in [2.24, 2.45) is 0 Å². The van der Waals surface area contributed by atoms with Crippen LogP contribution in [0.2, 0.25) is 0 Å². The predicted molar refractivity (Wildman–Crippen MR) is 87.2 cm³/mol. The van der Waals surface area contributed by atoms with Gasteiger partial charge in [-0.15, -0.1) is 0 Å². The monoisotopic (exact) mass is 345 g/mol. The summed E-state index contributed by atoms with van der Waals surface area (Å²) in [5.41, 5.74) is 4.20. The SMILES string of the molecule is Cc1ccc(-c2[nH]c(=S)oc2-c2ccc(Br)cc2)cc1. The number of aromatic amines is 1. The molecule has 0 aliphatic rings. The lowest BCUT2D eigenvalue weighted by atomic mass is 10.0. The van der Waals surface area contributed by atoms with E-state index >= 15 is 0 Å². The van der Waals surface area contributed by atoms with Gasteiger partial charge in [-0.2, -0.15) is 0 Å². The molecule has 0 amide bonds. The summed E-state index contributed by atoms with van der Waals surface area (Å²) in [6, 6.07) is 16.3. The molecule has 0 unspecified atom stereocenters. The predicted octanol–water partition coefficient (Wildman–Crippen LogP) is 5.74. The van der Waals surface area contributed by atoms with Gasteiger partial charge in [0, 0.05) is 15.6 Å². The summed E-state index contributed by atoms with van der Waals surface area (Å²) in [4.78, 5) is 3.52. The Balaban J connectivity index is 2.15. The molecule has 0 radical (unpaired) electrons. The zero-order valence-electron chi connectivity index (χ0n) is 10.8. The number of rotatable bonds is 2. The van der Waals surface area contributed by atoms with Crippen molar-refractivity contribution in [3.8, 4) is 22.6 Å². The van der Waals surface area contributed by atoms with Crippen molar-refractivity contribution in [3.63, 3.8) is 0 Å². The Bertz CT molecular complexity index is 719. The molecule has 2 nitrogen and oxygen atoms in total. The molecule has 0 saturated carbocycles. The summed E-state index contributed by atoms with van der Waals surface area (Å²) in [5, 5.41) is 0. The molecule has 2 aromatic carbocycles. The molecule has 1 heterocycles. The molecular formula is C16H12BrNOS. The van der Waals surface area contributed by atoms with Crippen LogP contribution in [0.4, 0.5) is 0 Å². The van der Waals surface area contributed by atoms with E-state index in [0.717, 1.165) is 27.1 Å². The second-order valence-corrected chi connectivity index (χ2v) is 5.88. The molecule has 0 fully saturated rings. The van der Waals surface area contributed by atoms with Gasteiger partial charge in [-0.05, 0) is 31.3 Å². The number of benzene rings is 2. The maximum absolute atomic E-state index is 5.67. The standard InChI is InChI=1S/C16H12BrNOS/c1-10-2-4-11(5-3-10)14-15(19-16(20)18-14)12-6-8-13(17)9-7-12/h2-9H,1H3,(H,18,20). The molecule has 1 N–H and O–H groups in total. The topological polar surface area (TPSA) is 28.9 Å². The quantitative estimate of drug-likeness (QED) is 0.599. The van der Waals surface area contributed by atoms with Gasteiger partial charge in [0.15, 0.2) is 5.76 Å². The fraction of sp³-hybridized carbons (Fsp3) is 0.0625. The molecule has 0 bridgehead atoms. The fourth-order valence-electron chi connectivity index (χ4n) is 2.06. The Hall–Kier alpha value is -1.65. The Morgan fingerprint density at radius 3 is 2.20 bits per heavy atom. The first-order valence-corrected chi connectivity index (χ1v) is 7.40. The van der Waals surface area contributed by atoms with Crippen LogP contribution in [0.15, 0.2) is 57.4 Å². The first-order valence-electron chi connectivity index (χ1n) is 6.19. The van der Waals surface area contributed by atoms with Gasteiger partial charge in [0.05, 0.1) is 5.69 Å². The Morgan fingerprint density at radius 1 is 0.950 bits per heavy atom. The van der Waals surface area contributed by atoms with Gasteiger partial charge >= 0.3 is 0 Å². The first-order chi connectivity index (χ1) is 9.63. The number of oxazole rings is 1. The van der Waals surface area contributed by atoms with Crippen LogP contribution in [0.5, 0.6) is 0 Å². The van der Waals surface area contributed by atoms with E-state index in [-0.39, 0.29) is 0 Å². The van der Waals surface area contributed by atoms with Crippen LogP contribution in [-0.2, 0) is 0 Å². The number of nitrogens with one attached hydrogen (secondary N) is 1. The van der Waals surface area contributed by atoms with Crippen LogP contribution in [0.1, 0.15) is 5.56 Å². The van der Waals surface area contributed by atoms with Crippen LogP contribution in [0.3, 0.4) is 0 Å². The van der Waals surface area contributed by atoms with E-state index in [9.17, 15) is 0 Å². The van der Waals surface area contributed by atoms with Crippen molar-refractivity contribution < 1.29 is 4.42 Å². The smallest absolute Gasteiger partial charge is 0.266 e. The zero-order chi connectivity index (χ0) is 14.1. The maximum atomic E-state index is 5.67. The molecule has 4 heteroatoms. The summed E-state index contributed by atoms with van der Waals surface area (Å²) < 4.78 is 6.70. The average molecular weight is 346 g/mol. The van der Waals surface area contributed by atoms with Crippen LogP contribution in [-0.4, -0.2) is 4.98 Å². The Labute approximate surface area is 130 Å². The highest BCUT2D eigenvalue weighted by Crippen LogP contribution is 2.32. The first kappa shape index (κ1) is 13.3. The van der Waals surface area contributed by atoms with E-state index in [4.69, 9.17) is 16.6 Å². The van der Waals surface area contributed by atoms with Crippen molar-refractivity contribution in [1.29, 1.82) is 0 Å². The second-order valence-electron chi connectivity index (χ2n) is 4.59. The van der Waals surface area contributed by atoms with E-state index < -0.39 is 0 Å². The van der Waals surface area contributed by atoms with Crippen LogP contribution in [0.25, 0.3) is 22.6 Å². The third kappa shape index (κ3) is 2.62. The lowest BCUT2D eigenvalue weighted by Gasteiger charge is -2.03. The Morgan fingerprint density at radius 2 is 1.55 bits per heavy atom. The second kappa shape index (κ2) is 5.38. The lowest BCUT2D eigenvalue weighted by Crippen LogP contribution is -1.83. The van der Waals surface area contributed by atoms with E-state index in [1.54, 1.807) is 0 Å². The molecule has 0 saturated heterocycles. The molecule has 3 rings (SSSR count). The maximum Gasteiger partial charge on any atom is 0.266 e. The third-order valence-electron chi connectivity index (χ3n) is 3.10. The highest BCUT2D eigenvalue weighted by Gasteiger charge is 2.12. The average Bonchev–Trinajstić information content (AvgIpc) is 2.82. The molecule has 0 aliphatic heterocycles. The van der Waals surface area contributed by atoms with Gasteiger partial charge in [-0.1, -0.05) is 57.9 Å². The van der Waals surface area contributed by atoms with E-state index in [1.165, 1.54) is 5.56 Å². The number of hydrogen-bond acceptors (Lipinski definition) is 2. The third-order valence-corrected chi connectivity index (χ3v) is 3.81. The number of aryl methyl sites for hydroxylation is 1. The minimum absolute atomic E-state index is 0.387. The van der Waals surface area contributed by atoms with Gasteiger partial charge in [-0.3, -0.25) is 0 Å². The van der Waals surface area contributed by atoms with Gasteiger partial charge in [0.1, 0.15) is 0 Å². The van der Waals surface area contributed by atoms with Crippen molar-refractivity contribution in [2.75, 3.05) is 0 Å². The molecular weight excluding hydrogens is 334 g/mol. The minimum Gasteiger partial charge on any atom is -0.429 e. The van der Waals surface area contributed by atoms with Crippen LogP contribution in [0, 0.1) is 11.8 Å². The summed E-state index contributed by atoms with van der Waals surface area (Å²) in [6.07, 6.45) is 0. The highest BCUT2D eigenvalue weighted by atomic mass is 79.9.